The number of anilines is 1. The number of nitrogens with one attached hydrogen (secondary N) is 1. The van der Waals surface area contributed by atoms with Crippen LogP contribution in [0, 0.1) is 11.6 Å². The molecule has 0 aromatic heterocycles. The Morgan fingerprint density at radius 1 is 1.40 bits per heavy atom. The van der Waals surface area contributed by atoms with E-state index < -0.39 is 11.6 Å². The highest BCUT2D eigenvalue weighted by molar-refractivity contribution is 6.18. The predicted octanol–water partition coefficient (Wildman–Crippen LogP) is 2.92. The third kappa shape index (κ3) is 3.83. The average molecular weight is 234 g/mol. The van der Waals surface area contributed by atoms with Crippen molar-refractivity contribution in [1.82, 2.24) is 0 Å². The van der Waals surface area contributed by atoms with E-state index >= 15 is 0 Å². The Balaban J connectivity index is 2.60. The molecule has 0 spiro atoms. The average Bonchev–Trinajstić information content (AvgIpc) is 2.19. The van der Waals surface area contributed by atoms with E-state index in [1.807, 2.05) is 0 Å². The molecule has 0 fully saturated rings. The lowest BCUT2D eigenvalue weighted by molar-refractivity contribution is -0.116. The molecule has 0 atom stereocenters. The standard InChI is InChI=1S/C10H10ClF2NO/c11-5-1-2-10(15)14-9-4-3-7(12)6-8(9)13/h3-4,6H,1-2,5H2,(H,14,15). The minimum Gasteiger partial charge on any atom is -0.324 e. The molecule has 2 nitrogen and oxygen atoms in total. The zero-order valence-electron chi connectivity index (χ0n) is 7.90. The highest BCUT2D eigenvalue weighted by atomic mass is 35.5. The van der Waals surface area contributed by atoms with Crippen molar-refractivity contribution in [2.45, 2.75) is 12.8 Å². The van der Waals surface area contributed by atoms with E-state index in [-0.39, 0.29) is 18.0 Å². The molecule has 82 valence electrons. The lowest BCUT2D eigenvalue weighted by atomic mass is 10.2. The second-order valence-corrected chi connectivity index (χ2v) is 3.34. The maximum atomic E-state index is 13.1. The number of carbonyl (C=O) groups is 1. The number of rotatable bonds is 4. The van der Waals surface area contributed by atoms with E-state index in [2.05, 4.69) is 5.32 Å². The van der Waals surface area contributed by atoms with E-state index in [1.54, 1.807) is 0 Å². The molecule has 0 aliphatic heterocycles. The quantitative estimate of drug-likeness (QED) is 0.796. The molecule has 1 aromatic rings. The SMILES string of the molecule is O=C(CCCCl)Nc1ccc(F)cc1F. The van der Waals surface area contributed by atoms with Crippen molar-refractivity contribution in [2.75, 3.05) is 11.2 Å². The van der Waals surface area contributed by atoms with Gasteiger partial charge in [0.2, 0.25) is 5.91 Å². The van der Waals surface area contributed by atoms with Gasteiger partial charge in [0.1, 0.15) is 11.6 Å². The summed E-state index contributed by atoms with van der Waals surface area (Å²) in [7, 11) is 0. The summed E-state index contributed by atoms with van der Waals surface area (Å²) in [6.45, 7) is 0. The van der Waals surface area contributed by atoms with Crippen LogP contribution in [0.2, 0.25) is 0 Å². The van der Waals surface area contributed by atoms with Crippen LogP contribution in [0.3, 0.4) is 0 Å². The van der Waals surface area contributed by atoms with Gasteiger partial charge in [-0.25, -0.2) is 8.78 Å². The molecule has 15 heavy (non-hydrogen) atoms. The van der Waals surface area contributed by atoms with Gasteiger partial charge in [0.05, 0.1) is 5.69 Å². The van der Waals surface area contributed by atoms with Gasteiger partial charge in [-0.2, -0.15) is 0 Å². The number of benzene rings is 1. The van der Waals surface area contributed by atoms with E-state index in [9.17, 15) is 13.6 Å². The van der Waals surface area contributed by atoms with Gasteiger partial charge >= 0.3 is 0 Å². The molecular formula is C10H10ClF2NO. The first-order valence-electron chi connectivity index (χ1n) is 4.44. The molecule has 0 aliphatic carbocycles. The van der Waals surface area contributed by atoms with Gasteiger partial charge < -0.3 is 5.32 Å². The van der Waals surface area contributed by atoms with Gasteiger partial charge in [-0.15, -0.1) is 11.6 Å². The highest BCUT2D eigenvalue weighted by Gasteiger charge is 2.07. The van der Waals surface area contributed by atoms with Crippen LogP contribution in [-0.4, -0.2) is 11.8 Å². The van der Waals surface area contributed by atoms with Crippen molar-refractivity contribution < 1.29 is 13.6 Å². The summed E-state index contributed by atoms with van der Waals surface area (Å²) in [4.78, 5) is 11.2. The van der Waals surface area contributed by atoms with Crippen LogP contribution < -0.4 is 5.32 Å². The fourth-order valence-electron chi connectivity index (χ4n) is 1.03. The monoisotopic (exact) mass is 233 g/mol. The fraction of sp³-hybridized carbons (Fsp3) is 0.300. The number of carbonyl (C=O) groups excluding carboxylic acids is 1. The molecule has 0 radical (unpaired) electrons. The Morgan fingerprint density at radius 2 is 2.13 bits per heavy atom. The zero-order chi connectivity index (χ0) is 11.3. The normalized spacial score (nSPS) is 10.1. The Bertz CT molecular complexity index is 357. The zero-order valence-corrected chi connectivity index (χ0v) is 8.65. The molecule has 5 heteroatoms. The summed E-state index contributed by atoms with van der Waals surface area (Å²) in [6, 6.07) is 2.99. The van der Waals surface area contributed by atoms with Gasteiger partial charge in [0.15, 0.2) is 0 Å². The summed E-state index contributed by atoms with van der Waals surface area (Å²) >= 11 is 5.40. The van der Waals surface area contributed by atoms with Crippen molar-refractivity contribution in [2.24, 2.45) is 0 Å². The fourth-order valence-corrected chi connectivity index (χ4v) is 1.16. The van der Waals surface area contributed by atoms with Crippen LogP contribution in [0.1, 0.15) is 12.8 Å². The number of hydrogen-bond acceptors (Lipinski definition) is 1. The van der Waals surface area contributed by atoms with Gasteiger partial charge in [-0.1, -0.05) is 0 Å². The van der Waals surface area contributed by atoms with Crippen LogP contribution in [0.5, 0.6) is 0 Å². The van der Waals surface area contributed by atoms with Gasteiger partial charge in [0.25, 0.3) is 0 Å². The van der Waals surface area contributed by atoms with Crippen molar-refractivity contribution in [3.8, 4) is 0 Å². The largest absolute Gasteiger partial charge is 0.324 e. The van der Waals surface area contributed by atoms with Crippen LogP contribution in [0.4, 0.5) is 14.5 Å². The molecule has 1 amide bonds. The maximum absolute atomic E-state index is 13.1. The van der Waals surface area contributed by atoms with Crippen molar-refractivity contribution >= 4 is 23.2 Å². The Labute approximate surface area is 91.2 Å². The summed E-state index contributed by atoms with van der Waals surface area (Å²) in [5, 5.41) is 2.33. The van der Waals surface area contributed by atoms with Crippen LogP contribution in [0.25, 0.3) is 0 Å². The number of halogens is 3. The Kier molecular flexibility index (Phi) is 4.49. The summed E-state index contributed by atoms with van der Waals surface area (Å²) in [5.41, 5.74) is -0.0176. The third-order valence-electron chi connectivity index (χ3n) is 1.74. The summed E-state index contributed by atoms with van der Waals surface area (Å²) < 4.78 is 25.6. The van der Waals surface area contributed by atoms with Crippen LogP contribution in [-0.2, 0) is 4.79 Å². The number of amides is 1. The van der Waals surface area contributed by atoms with E-state index in [0.29, 0.717) is 12.3 Å². The first-order valence-corrected chi connectivity index (χ1v) is 4.98. The van der Waals surface area contributed by atoms with E-state index in [4.69, 9.17) is 11.6 Å². The predicted molar refractivity (Wildman–Crippen MR) is 54.9 cm³/mol. The molecule has 0 saturated heterocycles. The number of hydrogen-bond donors (Lipinski definition) is 1. The second kappa shape index (κ2) is 5.66. The molecule has 0 unspecified atom stereocenters. The lowest BCUT2D eigenvalue weighted by Gasteiger charge is -2.05. The number of alkyl halides is 1. The van der Waals surface area contributed by atoms with Gasteiger partial charge in [-0.3, -0.25) is 4.79 Å². The third-order valence-corrected chi connectivity index (χ3v) is 2.01. The lowest BCUT2D eigenvalue weighted by Crippen LogP contribution is -2.12. The van der Waals surface area contributed by atoms with Crippen molar-refractivity contribution in [3.63, 3.8) is 0 Å². The smallest absolute Gasteiger partial charge is 0.224 e. The van der Waals surface area contributed by atoms with E-state index in [1.165, 1.54) is 6.07 Å². The second-order valence-electron chi connectivity index (χ2n) is 2.96. The maximum Gasteiger partial charge on any atom is 0.224 e. The van der Waals surface area contributed by atoms with Crippen LogP contribution in [0.15, 0.2) is 18.2 Å². The first-order chi connectivity index (χ1) is 7.13. The summed E-state index contributed by atoms with van der Waals surface area (Å²) in [5.74, 6) is -1.42. The highest BCUT2D eigenvalue weighted by Crippen LogP contribution is 2.15. The Morgan fingerprint density at radius 3 is 2.73 bits per heavy atom. The van der Waals surface area contributed by atoms with E-state index in [0.717, 1.165) is 12.1 Å². The molecule has 0 heterocycles. The van der Waals surface area contributed by atoms with Crippen molar-refractivity contribution in [1.29, 1.82) is 0 Å². The Hall–Kier alpha value is -1.16. The van der Waals surface area contributed by atoms with Gasteiger partial charge in [-0.05, 0) is 18.6 Å². The summed E-state index contributed by atoms with van der Waals surface area (Å²) in [6.07, 6.45) is 0.747. The van der Waals surface area contributed by atoms with Crippen LogP contribution >= 0.6 is 11.6 Å². The topological polar surface area (TPSA) is 29.1 Å². The minimum atomic E-state index is -0.783. The minimum absolute atomic E-state index is 0.0176. The molecule has 0 aliphatic rings. The molecule has 1 aromatic carbocycles. The van der Waals surface area contributed by atoms with Crippen molar-refractivity contribution in [3.05, 3.63) is 29.8 Å². The molecule has 0 bridgehead atoms. The molecule has 1 N–H and O–H groups in total. The molecule has 1 rings (SSSR count). The first kappa shape index (κ1) is 11.9. The van der Waals surface area contributed by atoms with Gasteiger partial charge in [0, 0.05) is 18.4 Å². The molecular weight excluding hydrogens is 224 g/mol. The molecule has 0 saturated carbocycles.